The van der Waals surface area contributed by atoms with Gasteiger partial charge in [-0.05, 0) is 64.7 Å². The van der Waals surface area contributed by atoms with E-state index in [1.54, 1.807) is 6.08 Å². The molecule has 2 amide bonds. The van der Waals surface area contributed by atoms with Gasteiger partial charge >= 0.3 is 0 Å². The standard InChI is InChI=1S/C30H23NO6S/c32-29-28(38-30(33)31(29)14-15-34-25-7-3-5-22-4-1-2-6-24(22)25)17-20-8-11-23(12-9-20)35-18-21-10-13-26-27(16-21)37-19-36-26/h1-13,16-17H,14-15,18-19H2/b28-17-. The predicted molar refractivity (Wildman–Crippen MR) is 145 cm³/mol. The summed E-state index contributed by atoms with van der Waals surface area (Å²) < 4.78 is 22.5. The summed E-state index contributed by atoms with van der Waals surface area (Å²) >= 11 is 0.937. The Morgan fingerprint density at radius 2 is 1.68 bits per heavy atom. The number of amides is 2. The van der Waals surface area contributed by atoms with Crippen molar-refractivity contribution in [3.05, 3.63) is 101 Å². The van der Waals surface area contributed by atoms with Crippen molar-refractivity contribution in [3.63, 3.8) is 0 Å². The number of imide groups is 1. The van der Waals surface area contributed by atoms with Gasteiger partial charge in [-0.25, -0.2) is 0 Å². The van der Waals surface area contributed by atoms with Gasteiger partial charge in [-0.1, -0.05) is 54.6 Å². The van der Waals surface area contributed by atoms with Crippen LogP contribution in [0.2, 0.25) is 0 Å². The van der Waals surface area contributed by atoms with E-state index in [2.05, 4.69) is 0 Å². The Bertz CT molecular complexity index is 1540. The molecule has 2 heterocycles. The largest absolute Gasteiger partial charge is 0.491 e. The van der Waals surface area contributed by atoms with Gasteiger partial charge in [0.25, 0.3) is 11.1 Å². The Balaban J connectivity index is 1.05. The van der Waals surface area contributed by atoms with Gasteiger partial charge in [0, 0.05) is 5.39 Å². The number of hydrogen-bond acceptors (Lipinski definition) is 7. The van der Waals surface area contributed by atoms with Gasteiger partial charge in [0.05, 0.1) is 11.4 Å². The quantitative estimate of drug-likeness (QED) is 0.251. The number of ether oxygens (including phenoxy) is 4. The van der Waals surface area contributed by atoms with E-state index in [0.29, 0.717) is 17.3 Å². The fourth-order valence-corrected chi connectivity index (χ4v) is 5.14. The maximum atomic E-state index is 12.9. The van der Waals surface area contributed by atoms with Crippen LogP contribution >= 0.6 is 11.8 Å². The molecule has 1 fully saturated rings. The van der Waals surface area contributed by atoms with Crippen LogP contribution in [0.5, 0.6) is 23.0 Å². The molecular formula is C30H23NO6S. The van der Waals surface area contributed by atoms with Gasteiger partial charge in [0.1, 0.15) is 24.7 Å². The van der Waals surface area contributed by atoms with Crippen LogP contribution in [0.3, 0.4) is 0 Å². The second-order valence-corrected chi connectivity index (χ2v) is 9.70. The first-order valence-corrected chi connectivity index (χ1v) is 12.9. The highest BCUT2D eigenvalue weighted by Gasteiger charge is 2.34. The van der Waals surface area contributed by atoms with Crippen molar-refractivity contribution in [1.82, 2.24) is 4.90 Å². The minimum atomic E-state index is -0.315. The summed E-state index contributed by atoms with van der Waals surface area (Å²) in [6.45, 7) is 1.02. The van der Waals surface area contributed by atoms with Gasteiger partial charge < -0.3 is 18.9 Å². The Labute approximate surface area is 223 Å². The molecule has 0 spiro atoms. The third-order valence-corrected chi connectivity index (χ3v) is 7.12. The van der Waals surface area contributed by atoms with Crippen molar-refractivity contribution >= 4 is 39.8 Å². The number of hydrogen-bond donors (Lipinski definition) is 0. The zero-order valence-electron chi connectivity index (χ0n) is 20.3. The first-order valence-electron chi connectivity index (χ1n) is 12.1. The zero-order chi connectivity index (χ0) is 25.9. The lowest BCUT2D eigenvalue weighted by Crippen LogP contribution is -2.32. The van der Waals surface area contributed by atoms with E-state index in [-0.39, 0.29) is 31.1 Å². The molecule has 8 heteroatoms. The van der Waals surface area contributed by atoms with Crippen LogP contribution in [0, 0.1) is 0 Å². The smallest absolute Gasteiger partial charge is 0.293 e. The number of carbonyl (C=O) groups excluding carboxylic acids is 2. The molecule has 0 unspecified atom stereocenters. The van der Waals surface area contributed by atoms with Gasteiger partial charge in [0.15, 0.2) is 11.5 Å². The predicted octanol–water partition coefficient (Wildman–Crippen LogP) is 6.26. The van der Waals surface area contributed by atoms with Gasteiger partial charge in [0.2, 0.25) is 6.79 Å². The molecule has 0 atom stereocenters. The number of nitrogens with zero attached hydrogens (tertiary/aromatic N) is 1. The van der Waals surface area contributed by atoms with E-state index in [0.717, 1.165) is 50.9 Å². The van der Waals surface area contributed by atoms with Crippen LogP contribution < -0.4 is 18.9 Å². The van der Waals surface area contributed by atoms with E-state index < -0.39 is 0 Å². The lowest BCUT2D eigenvalue weighted by molar-refractivity contribution is -0.123. The number of carbonyl (C=O) groups is 2. The van der Waals surface area contributed by atoms with Crippen molar-refractivity contribution in [2.24, 2.45) is 0 Å². The van der Waals surface area contributed by atoms with Crippen LogP contribution in [-0.2, 0) is 11.4 Å². The molecular weight excluding hydrogens is 502 g/mol. The summed E-state index contributed by atoms with van der Waals surface area (Å²) in [7, 11) is 0. The SMILES string of the molecule is O=C1S/C(=C\c2ccc(OCc3ccc4c(c3)OCO4)cc2)C(=O)N1CCOc1cccc2ccccc12. The van der Waals surface area contributed by atoms with Crippen LogP contribution in [0.15, 0.2) is 89.8 Å². The lowest BCUT2D eigenvalue weighted by Gasteiger charge is -2.14. The average molecular weight is 526 g/mol. The highest BCUT2D eigenvalue weighted by Crippen LogP contribution is 2.34. The fourth-order valence-electron chi connectivity index (χ4n) is 4.27. The first kappa shape index (κ1) is 23.9. The summed E-state index contributed by atoms with van der Waals surface area (Å²) in [5, 5.41) is 1.77. The fraction of sp³-hybridized carbons (Fsp3) is 0.133. The maximum absolute atomic E-state index is 12.9. The maximum Gasteiger partial charge on any atom is 0.293 e. The highest BCUT2D eigenvalue weighted by molar-refractivity contribution is 8.18. The molecule has 38 heavy (non-hydrogen) atoms. The summed E-state index contributed by atoms with van der Waals surface area (Å²) in [5.41, 5.74) is 1.77. The van der Waals surface area contributed by atoms with Crippen molar-refractivity contribution in [1.29, 1.82) is 0 Å². The van der Waals surface area contributed by atoms with Gasteiger partial charge in [-0.3, -0.25) is 14.5 Å². The Morgan fingerprint density at radius 1 is 0.868 bits per heavy atom. The molecule has 2 aliphatic heterocycles. The van der Waals surface area contributed by atoms with Crippen molar-refractivity contribution in [2.75, 3.05) is 19.9 Å². The van der Waals surface area contributed by atoms with Crippen LogP contribution in [0.1, 0.15) is 11.1 Å². The monoisotopic (exact) mass is 525 g/mol. The van der Waals surface area contributed by atoms with Crippen LogP contribution in [0.25, 0.3) is 16.8 Å². The van der Waals surface area contributed by atoms with Crippen molar-refractivity contribution in [3.8, 4) is 23.0 Å². The molecule has 0 aromatic heterocycles. The second-order valence-electron chi connectivity index (χ2n) is 8.70. The third-order valence-electron chi connectivity index (χ3n) is 6.22. The number of benzene rings is 4. The molecule has 1 saturated heterocycles. The molecule has 2 aliphatic rings. The van der Waals surface area contributed by atoms with Gasteiger partial charge in [-0.2, -0.15) is 0 Å². The minimum Gasteiger partial charge on any atom is -0.491 e. The number of fused-ring (bicyclic) bond motifs is 2. The molecule has 4 aromatic rings. The molecule has 0 radical (unpaired) electrons. The second kappa shape index (κ2) is 10.5. The van der Waals surface area contributed by atoms with Crippen molar-refractivity contribution < 1.29 is 28.5 Å². The van der Waals surface area contributed by atoms with Crippen LogP contribution in [0.4, 0.5) is 4.79 Å². The van der Waals surface area contributed by atoms with E-state index in [4.69, 9.17) is 18.9 Å². The minimum absolute atomic E-state index is 0.178. The van der Waals surface area contributed by atoms with Gasteiger partial charge in [-0.15, -0.1) is 0 Å². The summed E-state index contributed by atoms with van der Waals surface area (Å²) in [4.78, 5) is 27.0. The van der Waals surface area contributed by atoms with E-state index in [1.165, 1.54) is 4.90 Å². The Morgan fingerprint density at radius 3 is 2.58 bits per heavy atom. The normalized spacial score (nSPS) is 15.5. The molecule has 0 saturated carbocycles. The molecule has 6 rings (SSSR count). The molecule has 190 valence electrons. The zero-order valence-corrected chi connectivity index (χ0v) is 21.1. The topological polar surface area (TPSA) is 74.3 Å². The Hall–Kier alpha value is -4.43. The average Bonchev–Trinajstić information content (AvgIpc) is 3.52. The highest BCUT2D eigenvalue weighted by atomic mass is 32.2. The molecule has 0 aliphatic carbocycles. The van der Waals surface area contributed by atoms with E-state index >= 15 is 0 Å². The molecule has 0 N–H and O–H groups in total. The lowest BCUT2D eigenvalue weighted by atomic mass is 10.1. The molecule has 0 bridgehead atoms. The number of thioether (sulfide) groups is 1. The summed E-state index contributed by atoms with van der Waals surface area (Å²) in [6.07, 6.45) is 1.72. The van der Waals surface area contributed by atoms with E-state index in [9.17, 15) is 9.59 Å². The summed E-state index contributed by atoms with van der Waals surface area (Å²) in [6, 6.07) is 26.8. The van der Waals surface area contributed by atoms with E-state index in [1.807, 2.05) is 84.9 Å². The molecule has 7 nitrogen and oxygen atoms in total. The first-order chi connectivity index (χ1) is 18.6. The Kier molecular flexibility index (Phi) is 6.62. The third kappa shape index (κ3) is 5.03. The molecule has 4 aromatic carbocycles. The van der Waals surface area contributed by atoms with Crippen LogP contribution in [-0.4, -0.2) is 36.0 Å². The summed E-state index contributed by atoms with van der Waals surface area (Å²) in [5.74, 6) is 2.56. The number of rotatable bonds is 8. The van der Waals surface area contributed by atoms with Crippen molar-refractivity contribution in [2.45, 2.75) is 6.61 Å².